The van der Waals surface area contributed by atoms with Gasteiger partial charge >= 0.3 is 0 Å². The summed E-state index contributed by atoms with van der Waals surface area (Å²) in [5.41, 5.74) is 2.72. The summed E-state index contributed by atoms with van der Waals surface area (Å²) in [5.74, 6) is 0.0801. The number of carbonyl (C=O) groups excluding carboxylic acids is 1. The van der Waals surface area contributed by atoms with Gasteiger partial charge in [0.05, 0.1) is 6.20 Å². The summed E-state index contributed by atoms with van der Waals surface area (Å²) in [5, 5.41) is 17.8. The minimum absolute atomic E-state index is 0.244. The van der Waals surface area contributed by atoms with Crippen molar-refractivity contribution >= 4 is 11.7 Å². The standard InChI is InChI=1S/C13H12N4O/c1-8-4-3-5-9(2)11(8)13(18)16-12-10(6-14)7-15-17-12/h3-5,7H,1-2H3,(H2,15,16,17,18). The number of nitrogens with zero attached hydrogens (tertiary/aromatic N) is 2. The zero-order valence-electron chi connectivity index (χ0n) is 10.1. The third-order valence-electron chi connectivity index (χ3n) is 2.71. The van der Waals surface area contributed by atoms with E-state index in [4.69, 9.17) is 5.26 Å². The molecule has 1 aromatic heterocycles. The van der Waals surface area contributed by atoms with Crippen molar-refractivity contribution in [2.75, 3.05) is 5.32 Å². The Morgan fingerprint density at radius 3 is 2.67 bits per heavy atom. The van der Waals surface area contributed by atoms with E-state index in [1.807, 2.05) is 38.1 Å². The van der Waals surface area contributed by atoms with Crippen molar-refractivity contribution in [3.05, 3.63) is 46.6 Å². The molecule has 0 fully saturated rings. The topological polar surface area (TPSA) is 81.6 Å². The number of aromatic amines is 1. The lowest BCUT2D eigenvalue weighted by Crippen LogP contribution is -2.15. The van der Waals surface area contributed by atoms with E-state index in [2.05, 4.69) is 15.5 Å². The SMILES string of the molecule is Cc1cccc(C)c1C(=O)Nc1[nH]ncc1C#N. The number of rotatable bonds is 2. The first-order chi connectivity index (χ1) is 8.63. The van der Waals surface area contributed by atoms with E-state index < -0.39 is 0 Å². The van der Waals surface area contributed by atoms with Crippen LogP contribution in [0.4, 0.5) is 5.82 Å². The van der Waals surface area contributed by atoms with Gasteiger partial charge in [0.15, 0.2) is 0 Å². The third-order valence-corrected chi connectivity index (χ3v) is 2.71. The second-order valence-corrected chi connectivity index (χ2v) is 3.99. The van der Waals surface area contributed by atoms with Gasteiger partial charge in [0, 0.05) is 5.56 Å². The minimum Gasteiger partial charge on any atom is -0.306 e. The van der Waals surface area contributed by atoms with Gasteiger partial charge in [0.2, 0.25) is 0 Å². The Balaban J connectivity index is 2.31. The van der Waals surface area contributed by atoms with Crippen LogP contribution in [0.15, 0.2) is 24.4 Å². The highest BCUT2D eigenvalue weighted by Crippen LogP contribution is 2.16. The molecule has 2 N–H and O–H groups in total. The molecular formula is C13H12N4O. The van der Waals surface area contributed by atoms with E-state index in [-0.39, 0.29) is 5.91 Å². The molecule has 5 nitrogen and oxygen atoms in total. The lowest BCUT2D eigenvalue weighted by molar-refractivity contribution is 0.102. The molecule has 2 aromatic rings. The zero-order valence-corrected chi connectivity index (χ0v) is 10.1. The van der Waals surface area contributed by atoms with Gasteiger partial charge in [-0.25, -0.2) is 0 Å². The Bertz CT molecular complexity index is 616. The zero-order chi connectivity index (χ0) is 13.1. The average molecular weight is 240 g/mol. The molecule has 0 radical (unpaired) electrons. The average Bonchev–Trinajstić information content (AvgIpc) is 2.76. The largest absolute Gasteiger partial charge is 0.306 e. The summed E-state index contributed by atoms with van der Waals surface area (Å²) >= 11 is 0. The van der Waals surface area contributed by atoms with Gasteiger partial charge in [-0.1, -0.05) is 18.2 Å². The van der Waals surface area contributed by atoms with Gasteiger partial charge in [-0.15, -0.1) is 0 Å². The molecule has 0 bridgehead atoms. The normalized spacial score (nSPS) is 9.83. The molecule has 0 spiro atoms. The number of nitriles is 1. The van der Waals surface area contributed by atoms with Crippen LogP contribution in [0.2, 0.25) is 0 Å². The molecule has 0 saturated heterocycles. The van der Waals surface area contributed by atoms with Crippen molar-refractivity contribution in [2.24, 2.45) is 0 Å². The van der Waals surface area contributed by atoms with Gasteiger partial charge in [-0.3, -0.25) is 9.89 Å². The Morgan fingerprint density at radius 2 is 2.06 bits per heavy atom. The van der Waals surface area contributed by atoms with Gasteiger partial charge in [0.1, 0.15) is 17.5 Å². The number of hydrogen-bond donors (Lipinski definition) is 2. The fourth-order valence-corrected chi connectivity index (χ4v) is 1.81. The van der Waals surface area contributed by atoms with Crippen LogP contribution in [-0.2, 0) is 0 Å². The third kappa shape index (κ3) is 2.09. The Labute approximate surface area is 104 Å². The molecule has 1 heterocycles. The van der Waals surface area contributed by atoms with Crippen molar-refractivity contribution in [3.63, 3.8) is 0 Å². The molecule has 0 aliphatic rings. The van der Waals surface area contributed by atoms with E-state index in [0.29, 0.717) is 16.9 Å². The number of amides is 1. The number of aromatic nitrogens is 2. The summed E-state index contributed by atoms with van der Waals surface area (Å²) in [7, 11) is 0. The predicted molar refractivity (Wildman–Crippen MR) is 67.2 cm³/mol. The predicted octanol–water partition coefficient (Wildman–Crippen LogP) is 2.15. The number of aryl methyl sites for hydroxylation is 2. The van der Waals surface area contributed by atoms with Crippen LogP contribution in [0, 0.1) is 25.2 Å². The number of benzene rings is 1. The van der Waals surface area contributed by atoms with E-state index >= 15 is 0 Å². The molecule has 5 heteroatoms. The van der Waals surface area contributed by atoms with Gasteiger partial charge in [-0.05, 0) is 25.0 Å². The number of nitrogens with one attached hydrogen (secondary N) is 2. The quantitative estimate of drug-likeness (QED) is 0.843. The molecule has 0 unspecified atom stereocenters. The number of carbonyl (C=O) groups is 1. The van der Waals surface area contributed by atoms with E-state index in [0.717, 1.165) is 11.1 Å². The fourth-order valence-electron chi connectivity index (χ4n) is 1.81. The maximum Gasteiger partial charge on any atom is 0.257 e. The maximum atomic E-state index is 12.2. The lowest BCUT2D eigenvalue weighted by Gasteiger charge is -2.09. The van der Waals surface area contributed by atoms with E-state index in [1.165, 1.54) is 6.20 Å². The Morgan fingerprint density at radius 1 is 1.39 bits per heavy atom. The van der Waals surface area contributed by atoms with Crippen LogP contribution in [0.1, 0.15) is 27.0 Å². The summed E-state index contributed by atoms with van der Waals surface area (Å²) in [6.45, 7) is 3.75. The molecule has 0 saturated carbocycles. The minimum atomic E-state index is -0.244. The molecule has 90 valence electrons. The van der Waals surface area contributed by atoms with Crippen LogP contribution >= 0.6 is 0 Å². The lowest BCUT2D eigenvalue weighted by atomic mass is 10.0. The summed E-state index contributed by atoms with van der Waals surface area (Å²) in [6, 6.07) is 7.60. The van der Waals surface area contributed by atoms with Crippen molar-refractivity contribution in [2.45, 2.75) is 13.8 Å². The smallest absolute Gasteiger partial charge is 0.257 e. The van der Waals surface area contributed by atoms with Crippen LogP contribution < -0.4 is 5.32 Å². The Kier molecular flexibility index (Phi) is 3.11. The van der Waals surface area contributed by atoms with Crippen molar-refractivity contribution in [1.29, 1.82) is 5.26 Å². The van der Waals surface area contributed by atoms with Gasteiger partial charge < -0.3 is 5.32 Å². The first-order valence-corrected chi connectivity index (χ1v) is 5.44. The summed E-state index contributed by atoms with van der Waals surface area (Å²) in [4.78, 5) is 12.2. The summed E-state index contributed by atoms with van der Waals surface area (Å²) < 4.78 is 0. The molecule has 18 heavy (non-hydrogen) atoms. The Hall–Kier alpha value is -2.61. The van der Waals surface area contributed by atoms with Crippen molar-refractivity contribution in [3.8, 4) is 6.07 Å². The van der Waals surface area contributed by atoms with Gasteiger partial charge in [0.25, 0.3) is 5.91 Å². The fraction of sp³-hybridized carbons (Fsp3) is 0.154. The van der Waals surface area contributed by atoms with Crippen LogP contribution in [-0.4, -0.2) is 16.1 Å². The van der Waals surface area contributed by atoms with Gasteiger partial charge in [-0.2, -0.15) is 10.4 Å². The monoisotopic (exact) mass is 240 g/mol. The van der Waals surface area contributed by atoms with Crippen molar-refractivity contribution < 1.29 is 4.79 Å². The first kappa shape index (κ1) is 11.9. The second kappa shape index (κ2) is 4.72. The molecule has 0 atom stereocenters. The molecule has 1 amide bonds. The van der Waals surface area contributed by atoms with Crippen molar-refractivity contribution in [1.82, 2.24) is 10.2 Å². The molecular weight excluding hydrogens is 228 g/mol. The summed E-state index contributed by atoms with van der Waals surface area (Å²) in [6.07, 6.45) is 1.38. The second-order valence-electron chi connectivity index (χ2n) is 3.99. The van der Waals surface area contributed by atoms with E-state index in [9.17, 15) is 4.79 Å². The highest BCUT2D eigenvalue weighted by Gasteiger charge is 2.14. The van der Waals surface area contributed by atoms with Crippen LogP contribution in [0.25, 0.3) is 0 Å². The first-order valence-electron chi connectivity index (χ1n) is 5.44. The highest BCUT2D eigenvalue weighted by atomic mass is 16.1. The van der Waals surface area contributed by atoms with E-state index in [1.54, 1.807) is 0 Å². The molecule has 1 aromatic carbocycles. The maximum absolute atomic E-state index is 12.2. The number of H-pyrrole nitrogens is 1. The highest BCUT2D eigenvalue weighted by molar-refractivity contribution is 6.06. The molecule has 2 rings (SSSR count). The number of hydrogen-bond acceptors (Lipinski definition) is 3. The van der Waals surface area contributed by atoms with Crippen LogP contribution in [0.5, 0.6) is 0 Å². The number of anilines is 1. The molecule has 0 aliphatic carbocycles. The molecule has 0 aliphatic heterocycles. The van der Waals surface area contributed by atoms with Crippen LogP contribution in [0.3, 0.4) is 0 Å².